The first-order valence-corrected chi connectivity index (χ1v) is 5.86. The number of benzene rings is 1. The number of amides is 1. The summed E-state index contributed by atoms with van der Waals surface area (Å²) in [6.45, 7) is 5.31. The van der Waals surface area contributed by atoms with Crippen molar-refractivity contribution in [3.8, 4) is 0 Å². The second-order valence-corrected chi connectivity index (χ2v) is 5.30. The van der Waals surface area contributed by atoms with Gasteiger partial charge in [0.1, 0.15) is 5.60 Å². The van der Waals surface area contributed by atoms with Gasteiger partial charge in [-0.05, 0) is 48.8 Å². The number of carbonyl (C=O) groups is 2. The Labute approximate surface area is 108 Å². The Balaban J connectivity index is 2.88. The van der Waals surface area contributed by atoms with Gasteiger partial charge in [0, 0.05) is 10.0 Å². The summed E-state index contributed by atoms with van der Waals surface area (Å²) in [5.74, 6) is 0. The van der Waals surface area contributed by atoms with Gasteiger partial charge in [0.25, 0.3) is 0 Å². The Morgan fingerprint density at radius 2 is 2.06 bits per heavy atom. The summed E-state index contributed by atoms with van der Waals surface area (Å²) in [7, 11) is 0. The molecule has 1 N–H and O–H groups in total. The number of anilines is 1. The van der Waals surface area contributed by atoms with Crippen molar-refractivity contribution >= 4 is 34.0 Å². The largest absolute Gasteiger partial charge is 0.444 e. The van der Waals surface area contributed by atoms with Crippen molar-refractivity contribution in [3.63, 3.8) is 0 Å². The van der Waals surface area contributed by atoms with Gasteiger partial charge in [0.15, 0.2) is 6.29 Å². The van der Waals surface area contributed by atoms with E-state index in [2.05, 4.69) is 21.2 Å². The van der Waals surface area contributed by atoms with Crippen molar-refractivity contribution in [3.05, 3.63) is 28.2 Å². The Hall–Kier alpha value is -1.36. The third-order valence-electron chi connectivity index (χ3n) is 1.80. The highest BCUT2D eigenvalue weighted by atomic mass is 79.9. The summed E-state index contributed by atoms with van der Waals surface area (Å²) in [5, 5.41) is 2.55. The van der Waals surface area contributed by atoms with Gasteiger partial charge in [0.05, 0.1) is 5.69 Å². The minimum absolute atomic E-state index is 0.394. The minimum atomic E-state index is -0.590. The average molecular weight is 300 g/mol. The lowest BCUT2D eigenvalue weighted by Gasteiger charge is -2.20. The zero-order valence-electron chi connectivity index (χ0n) is 9.91. The van der Waals surface area contributed by atoms with Gasteiger partial charge >= 0.3 is 6.09 Å². The molecule has 0 bridgehead atoms. The van der Waals surface area contributed by atoms with Crippen LogP contribution in [0.4, 0.5) is 10.5 Å². The molecule has 0 saturated carbocycles. The van der Waals surface area contributed by atoms with E-state index in [9.17, 15) is 9.59 Å². The highest BCUT2D eigenvalue weighted by Gasteiger charge is 2.18. The Kier molecular flexibility index (Phi) is 4.28. The molecule has 1 aromatic rings. The van der Waals surface area contributed by atoms with Crippen LogP contribution in [0.1, 0.15) is 31.1 Å². The molecule has 0 aliphatic carbocycles. The number of hydrogen-bond donors (Lipinski definition) is 1. The van der Waals surface area contributed by atoms with E-state index in [1.807, 2.05) is 0 Å². The number of carbonyl (C=O) groups excluding carboxylic acids is 2. The lowest BCUT2D eigenvalue weighted by atomic mass is 10.2. The summed E-state index contributed by atoms with van der Waals surface area (Å²) in [6, 6.07) is 5.07. The predicted octanol–water partition coefficient (Wildman–Crippen LogP) is 3.61. The van der Waals surface area contributed by atoms with Crippen LogP contribution in [0.5, 0.6) is 0 Å². The van der Waals surface area contributed by atoms with Crippen LogP contribution in [0, 0.1) is 0 Å². The summed E-state index contributed by atoms with van der Waals surface area (Å²) in [5.41, 5.74) is 0.231. The minimum Gasteiger partial charge on any atom is -0.444 e. The Bertz CT molecular complexity index is 438. The second-order valence-electron chi connectivity index (χ2n) is 4.45. The molecule has 1 rings (SSSR count). The number of rotatable bonds is 2. The molecule has 0 saturated heterocycles. The average Bonchev–Trinajstić information content (AvgIpc) is 2.18. The first-order valence-electron chi connectivity index (χ1n) is 5.07. The fourth-order valence-electron chi connectivity index (χ4n) is 1.18. The normalized spacial score (nSPS) is 10.8. The van der Waals surface area contributed by atoms with Gasteiger partial charge in [-0.15, -0.1) is 0 Å². The lowest BCUT2D eigenvalue weighted by Crippen LogP contribution is -2.27. The van der Waals surface area contributed by atoms with Gasteiger partial charge < -0.3 is 4.74 Å². The number of para-hydroxylation sites is 1. The Morgan fingerprint density at radius 1 is 1.41 bits per heavy atom. The number of halogens is 1. The molecule has 0 radical (unpaired) electrons. The quantitative estimate of drug-likeness (QED) is 0.849. The van der Waals surface area contributed by atoms with E-state index in [0.717, 1.165) is 0 Å². The number of ether oxygens (including phenoxy) is 1. The fraction of sp³-hybridized carbons (Fsp3) is 0.333. The molecule has 4 nitrogen and oxygen atoms in total. The summed E-state index contributed by atoms with van der Waals surface area (Å²) in [4.78, 5) is 22.4. The first-order chi connectivity index (χ1) is 7.83. The van der Waals surface area contributed by atoms with Crippen LogP contribution < -0.4 is 5.32 Å². The van der Waals surface area contributed by atoms with E-state index >= 15 is 0 Å². The maximum absolute atomic E-state index is 11.6. The molecule has 0 atom stereocenters. The van der Waals surface area contributed by atoms with Crippen LogP contribution in [-0.4, -0.2) is 18.0 Å². The van der Waals surface area contributed by atoms with Crippen LogP contribution in [0.25, 0.3) is 0 Å². The van der Waals surface area contributed by atoms with E-state index in [4.69, 9.17) is 4.74 Å². The zero-order chi connectivity index (χ0) is 13.1. The first kappa shape index (κ1) is 13.7. The molecular weight excluding hydrogens is 286 g/mol. The topological polar surface area (TPSA) is 55.4 Å². The molecule has 17 heavy (non-hydrogen) atoms. The molecule has 0 aromatic heterocycles. The summed E-state index contributed by atoms with van der Waals surface area (Å²) in [6.07, 6.45) is 0.0878. The molecule has 0 fully saturated rings. The molecular formula is C12H14BrNO3. The van der Waals surface area contributed by atoms with Crippen molar-refractivity contribution in [2.45, 2.75) is 26.4 Å². The monoisotopic (exact) mass is 299 g/mol. The van der Waals surface area contributed by atoms with Gasteiger partial charge in [-0.3, -0.25) is 10.1 Å². The molecule has 0 unspecified atom stereocenters. The van der Waals surface area contributed by atoms with Crippen LogP contribution in [0.2, 0.25) is 0 Å². The predicted molar refractivity (Wildman–Crippen MR) is 69.4 cm³/mol. The van der Waals surface area contributed by atoms with Crippen molar-refractivity contribution in [1.29, 1.82) is 0 Å². The molecule has 0 aliphatic rings. The molecule has 92 valence electrons. The number of hydrogen-bond acceptors (Lipinski definition) is 3. The van der Waals surface area contributed by atoms with Gasteiger partial charge in [-0.2, -0.15) is 0 Å². The van der Waals surface area contributed by atoms with E-state index in [0.29, 0.717) is 22.0 Å². The van der Waals surface area contributed by atoms with Crippen LogP contribution in [-0.2, 0) is 4.74 Å². The highest BCUT2D eigenvalue weighted by Crippen LogP contribution is 2.25. The Morgan fingerprint density at radius 3 is 2.59 bits per heavy atom. The molecule has 1 amide bonds. The second kappa shape index (κ2) is 5.31. The fourth-order valence-corrected chi connectivity index (χ4v) is 1.66. The van der Waals surface area contributed by atoms with E-state index in [-0.39, 0.29) is 0 Å². The van der Waals surface area contributed by atoms with E-state index in [1.54, 1.807) is 39.0 Å². The van der Waals surface area contributed by atoms with Crippen LogP contribution >= 0.6 is 15.9 Å². The SMILES string of the molecule is CC(C)(C)OC(=O)Nc1c(Br)cccc1C=O. The van der Waals surface area contributed by atoms with Crippen LogP contribution in [0.3, 0.4) is 0 Å². The van der Waals surface area contributed by atoms with E-state index in [1.165, 1.54) is 0 Å². The van der Waals surface area contributed by atoms with Gasteiger partial charge in [0.2, 0.25) is 0 Å². The molecule has 1 aromatic carbocycles. The number of nitrogens with one attached hydrogen (secondary N) is 1. The summed E-state index contributed by atoms with van der Waals surface area (Å²) < 4.78 is 5.74. The molecule has 0 spiro atoms. The van der Waals surface area contributed by atoms with Gasteiger partial charge in [-0.25, -0.2) is 4.79 Å². The molecule has 0 aliphatic heterocycles. The van der Waals surface area contributed by atoms with E-state index < -0.39 is 11.7 Å². The molecule has 5 heteroatoms. The lowest BCUT2D eigenvalue weighted by molar-refractivity contribution is 0.0636. The molecule has 0 heterocycles. The smallest absolute Gasteiger partial charge is 0.412 e. The maximum atomic E-state index is 11.6. The third kappa shape index (κ3) is 4.19. The van der Waals surface area contributed by atoms with Crippen molar-refractivity contribution in [2.75, 3.05) is 5.32 Å². The van der Waals surface area contributed by atoms with Crippen LogP contribution in [0.15, 0.2) is 22.7 Å². The third-order valence-corrected chi connectivity index (χ3v) is 2.46. The van der Waals surface area contributed by atoms with Crippen molar-refractivity contribution < 1.29 is 14.3 Å². The standard InChI is InChI=1S/C12H14BrNO3/c1-12(2,3)17-11(16)14-10-8(7-15)5-4-6-9(10)13/h4-7H,1-3H3,(H,14,16). The van der Waals surface area contributed by atoms with Crippen molar-refractivity contribution in [1.82, 2.24) is 0 Å². The maximum Gasteiger partial charge on any atom is 0.412 e. The highest BCUT2D eigenvalue weighted by molar-refractivity contribution is 9.10. The van der Waals surface area contributed by atoms with Crippen molar-refractivity contribution in [2.24, 2.45) is 0 Å². The zero-order valence-corrected chi connectivity index (χ0v) is 11.5. The summed E-state index contributed by atoms with van der Waals surface area (Å²) >= 11 is 3.27. The number of aldehydes is 1. The van der Waals surface area contributed by atoms with Gasteiger partial charge in [-0.1, -0.05) is 6.07 Å².